The van der Waals surface area contributed by atoms with Crippen molar-refractivity contribution in [1.82, 2.24) is 29.8 Å². The predicted molar refractivity (Wildman–Crippen MR) is 103 cm³/mol. The molecule has 0 N–H and O–H groups in total. The summed E-state index contributed by atoms with van der Waals surface area (Å²) in [5, 5.41) is 13.1. The number of hydrogen-bond acceptors (Lipinski definition) is 7. The molecule has 27 heavy (non-hydrogen) atoms. The third kappa shape index (κ3) is 2.95. The van der Waals surface area contributed by atoms with Crippen LogP contribution in [0.2, 0.25) is 0 Å². The summed E-state index contributed by atoms with van der Waals surface area (Å²) >= 11 is 0. The molecule has 0 amide bonds. The van der Waals surface area contributed by atoms with Crippen LogP contribution in [-0.2, 0) is 0 Å². The summed E-state index contributed by atoms with van der Waals surface area (Å²) in [6.45, 7) is 3.51. The molecule has 1 saturated heterocycles. The lowest BCUT2D eigenvalue weighted by Crippen LogP contribution is -2.47. The minimum absolute atomic E-state index is 0.858. The quantitative estimate of drug-likeness (QED) is 0.554. The van der Waals surface area contributed by atoms with Crippen LogP contribution in [0.5, 0.6) is 0 Å². The second kappa shape index (κ2) is 6.64. The summed E-state index contributed by atoms with van der Waals surface area (Å²) in [7, 11) is 0. The Hall–Kier alpha value is -3.55. The van der Waals surface area contributed by atoms with Gasteiger partial charge < -0.3 is 9.80 Å². The second-order valence-electron chi connectivity index (χ2n) is 6.40. The molecule has 1 aliphatic rings. The SMILES string of the molecule is c1cc(-c2ccc(N3CCN(c4nccn5nccc45)CC3)nn2)ccn1. The van der Waals surface area contributed by atoms with Crippen molar-refractivity contribution >= 4 is 17.2 Å². The first kappa shape index (κ1) is 15.7. The number of aromatic nitrogens is 6. The fraction of sp³-hybridized carbons (Fsp3) is 0.211. The third-order valence-electron chi connectivity index (χ3n) is 4.83. The molecule has 0 radical (unpaired) electrons. The lowest BCUT2D eigenvalue weighted by molar-refractivity contribution is 0.638. The molecule has 5 heterocycles. The first-order valence-electron chi connectivity index (χ1n) is 8.91. The molecule has 8 heteroatoms. The topological polar surface area (TPSA) is 75.3 Å². The number of anilines is 2. The standard InChI is InChI=1S/C19H18N8/c1-2-18(24-23-16(1)15-3-6-20-7-4-15)25-11-13-26(14-12-25)19-17-5-8-22-27(17)10-9-21-19/h1-10H,11-14H2. The summed E-state index contributed by atoms with van der Waals surface area (Å²) in [5.41, 5.74) is 2.91. The normalized spacial score (nSPS) is 14.7. The Bertz CT molecular complexity index is 1040. The van der Waals surface area contributed by atoms with E-state index in [1.54, 1.807) is 24.8 Å². The zero-order valence-corrected chi connectivity index (χ0v) is 14.7. The fourth-order valence-electron chi connectivity index (χ4n) is 3.40. The molecule has 0 aliphatic carbocycles. The van der Waals surface area contributed by atoms with Gasteiger partial charge in [0.05, 0.1) is 11.9 Å². The van der Waals surface area contributed by atoms with Gasteiger partial charge in [0.2, 0.25) is 0 Å². The van der Waals surface area contributed by atoms with Gasteiger partial charge in [-0.2, -0.15) is 5.10 Å². The smallest absolute Gasteiger partial charge is 0.154 e. The van der Waals surface area contributed by atoms with E-state index in [9.17, 15) is 0 Å². The first-order chi connectivity index (χ1) is 13.4. The van der Waals surface area contributed by atoms with Gasteiger partial charge in [0.25, 0.3) is 0 Å². The molecule has 1 fully saturated rings. The van der Waals surface area contributed by atoms with E-state index in [0.717, 1.165) is 54.6 Å². The molecular formula is C19H18N8. The Kier molecular flexibility index (Phi) is 3.86. The summed E-state index contributed by atoms with van der Waals surface area (Å²) < 4.78 is 1.86. The Morgan fingerprint density at radius 2 is 1.56 bits per heavy atom. The fourth-order valence-corrected chi connectivity index (χ4v) is 3.40. The van der Waals surface area contributed by atoms with Crippen LogP contribution < -0.4 is 9.80 Å². The van der Waals surface area contributed by atoms with E-state index in [-0.39, 0.29) is 0 Å². The van der Waals surface area contributed by atoms with E-state index < -0.39 is 0 Å². The maximum absolute atomic E-state index is 4.56. The molecule has 0 atom stereocenters. The summed E-state index contributed by atoms with van der Waals surface area (Å²) in [5.74, 6) is 1.89. The number of rotatable bonds is 3. The zero-order chi connectivity index (χ0) is 18.1. The second-order valence-corrected chi connectivity index (χ2v) is 6.40. The lowest BCUT2D eigenvalue weighted by Gasteiger charge is -2.35. The highest BCUT2D eigenvalue weighted by Gasteiger charge is 2.21. The Balaban J connectivity index is 1.30. The van der Waals surface area contributed by atoms with Gasteiger partial charge in [-0.1, -0.05) is 0 Å². The van der Waals surface area contributed by atoms with Crippen LogP contribution in [0.25, 0.3) is 16.8 Å². The van der Waals surface area contributed by atoms with Crippen molar-refractivity contribution in [2.45, 2.75) is 0 Å². The highest BCUT2D eigenvalue weighted by molar-refractivity contribution is 5.68. The molecule has 0 unspecified atom stereocenters. The largest absolute Gasteiger partial charge is 0.352 e. The highest BCUT2D eigenvalue weighted by atomic mass is 15.3. The van der Waals surface area contributed by atoms with E-state index in [1.165, 1.54) is 0 Å². The Morgan fingerprint density at radius 3 is 2.33 bits per heavy atom. The number of piperazine rings is 1. The van der Waals surface area contributed by atoms with E-state index in [1.807, 2.05) is 41.0 Å². The average Bonchev–Trinajstić information content (AvgIpc) is 3.24. The van der Waals surface area contributed by atoms with Crippen molar-refractivity contribution < 1.29 is 0 Å². The maximum atomic E-state index is 4.56. The van der Waals surface area contributed by atoms with E-state index in [0.29, 0.717) is 0 Å². The van der Waals surface area contributed by atoms with Crippen molar-refractivity contribution in [1.29, 1.82) is 0 Å². The van der Waals surface area contributed by atoms with Crippen LogP contribution in [0, 0.1) is 0 Å². The van der Waals surface area contributed by atoms with Crippen LogP contribution in [0.3, 0.4) is 0 Å². The molecule has 8 nitrogen and oxygen atoms in total. The van der Waals surface area contributed by atoms with E-state index in [2.05, 4.69) is 35.1 Å². The molecule has 0 bridgehead atoms. The van der Waals surface area contributed by atoms with Gasteiger partial charge in [-0.25, -0.2) is 9.50 Å². The van der Waals surface area contributed by atoms with Gasteiger partial charge in [-0.05, 0) is 30.3 Å². The van der Waals surface area contributed by atoms with Crippen LogP contribution in [-0.4, -0.2) is 56.0 Å². The minimum atomic E-state index is 0.858. The molecule has 0 saturated carbocycles. The maximum Gasteiger partial charge on any atom is 0.154 e. The Morgan fingerprint density at radius 1 is 0.741 bits per heavy atom. The third-order valence-corrected chi connectivity index (χ3v) is 4.83. The van der Waals surface area contributed by atoms with Crippen molar-refractivity contribution in [3.05, 3.63) is 61.3 Å². The van der Waals surface area contributed by atoms with Gasteiger partial charge in [-0.3, -0.25) is 4.98 Å². The van der Waals surface area contributed by atoms with Gasteiger partial charge in [0, 0.05) is 56.5 Å². The molecule has 4 aromatic heterocycles. The number of pyridine rings is 1. The van der Waals surface area contributed by atoms with Crippen LogP contribution in [0.1, 0.15) is 0 Å². The molecule has 0 spiro atoms. The van der Waals surface area contributed by atoms with Gasteiger partial charge in [-0.15, -0.1) is 10.2 Å². The van der Waals surface area contributed by atoms with Crippen LogP contribution in [0.4, 0.5) is 11.6 Å². The first-order valence-corrected chi connectivity index (χ1v) is 8.91. The number of hydrogen-bond donors (Lipinski definition) is 0. The number of nitrogens with zero attached hydrogens (tertiary/aromatic N) is 8. The average molecular weight is 358 g/mol. The van der Waals surface area contributed by atoms with E-state index in [4.69, 9.17) is 0 Å². The van der Waals surface area contributed by atoms with Crippen molar-refractivity contribution in [2.24, 2.45) is 0 Å². The number of fused-ring (bicyclic) bond motifs is 1. The van der Waals surface area contributed by atoms with Gasteiger partial charge in [0.1, 0.15) is 5.52 Å². The summed E-state index contributed by atoms with van der Waals surface area (Å²) in [6.07, 6.45) is 9.00. The lowest BCUT2D eigenvalue weighted by atomic mass is 10.2. The summed E-state index contributed by atoms with van der Waals surface area (Å²) in [4.78, 5) is 13.2. The Labute approximate surface area is 156 Å². The monoisotopic (exact) mass is 358 g/mol. The van der Waals surface area contributed by atoms with E-state index >= 15 is 0 Å². The molecule has 5 rings (SSSR count). The molecule has 0 aromatic carbocycles. The van der Waals surface area contributed by atoms with Crippen molar-refractivity contribution in [3.8, 4) is 11.3 Å². The molecule has 1 aliphatic heterocycles. The van der Waals surface area contributed by atoms with Gasteiger partial charge >= 0.3 is 0 Å². The molecule has 4 aromatic rings. The predicted octanol–water partition coefficient (Wildman–Crippen LogP) is 1.91. The summed E-state index contributed by atoms with van der Waals surface area (Å²) in [6, 6.07) is 9.92. The van der Waals surface area contributed by atoms with Crippen LogP contribution in [0.15, 0.2) is 61.3 Å². The minimum Gasteiger partial charge on any atom is -0.352 e. The van der Waals surface area contributed by atoms with Gasteiger partial charge in [0.15, 0.2) is 11.6 Å². The molecular weight excluding hydrogens is 340 g/mol. The molecule has 134 valence electrons. The zero-order valence-electron chi connectivity index (χ0n) is 14.7. The van der Waals surface area contributed by atoms with Crippen molar-refractivity contribution in [2.75, 3.05) is 36.0 Å². The van der Waals surface area contributed by atoms with Crippen LogP contribution >= 0.6 is 0 Å². The van der Waals surface area contributed by atoms with Crippen molar-refractivity contribution in [3.63, 3.8) is 0 Å². The highest BCUT2D eigenvalue weighted by Crippen LogP contribution is 2.22.